The molecule has 1 aromatic rings. The summed E-state index contributed by atoms with van der Waals surface area (Å²) >= 11 is 0. The highest BCUT2D eigenvalue weighted by Crippen LogP contribution is 2.34. The van der Waals surface area contributed by atoms with Gasteiger partial charge in [0.1, 0.15) is 17.4 Å². The molecule has 0 amide bonds. The highest BCUT2D eigenvalue weighted by atomic mass is 16.4. The van der Waals surface area contributed by atoms with Crippen molar-refractivity contribution in [3.63, 3.8) is 0 Å². The van der Waals surface area contributed by atoms with Crippen LogP contribution in [0.15, 0.2) is 12.4 Å². The van der Waals surface area contributed by atoms with Gasteiger partial charge in [-0.2, -0.15) is 5.26 Å². The van der Waals surface area contributed by atoms with Crippen LogP contribution in [0.4, 0.5) is 5.82 Å². The van der Waals surface area contributed by atoms with Gasteiger partial charge in [0, 0.05) is 0 Å². The highest BCUT2D eigenvalue weighted by Gasteiger charge is 2.44. The van der Waals surface area contributed by atoms with E-state index in [-0.39, 0.29) is 5.69 Å². The summed E-state index contributed by atoms with van der Waals surface area (Å²) in [7, 11) is 0. The van der Waals surface area contributed by atoms with E-state index in [4.69, 9.17) is 10.4 Å². The Morgan fingerprint density at radius 1 is 1.50 bits per heavy atom. The van der Waals surface area contributed by atoms with E-state index >= 15 is 0 Å². The first-order chi connectivity index (χ1) is 7.66. The Kier molecular flexibility index (Phi) is 2.44. The van der Waals surface area contributed by atoms with E-state index in [0.29, 0.717) is 18.7 Å². The molecular formula is C10H10N4O2. The molecule has 1 aliphatic rings. The predicted octanol–water partition coefficient (Wildman–Crippen LogP) is 0.767. The summed E-state index contributed by atoms with van der Waals surface area (Å²) in [5.41, 5.74) is -0.688. The largest absolute Gasteiger partial charge is 0.480 e. The number of hydrogen-bond acceptors (Lipinski definition) is 5. The van der Waals surface area contributed by atoms with Crippen molar-refractivity contribution in [3.8, 4) is 6.07 Å². The fourth-order valence-corrected chi connectivity index (χ4v) is 1.62. The monoisotopic (exact) mass is 218 g/mol. The highest BCUT2D eigenvalue weighted by molar-refractivity contribution is 5.83. The Morgan fingerprint density at radius 3 is 2.62 bits per heavy atom. The topological polar surface area (TPSA) is 98.9 Å². The predicted molar refractivity (Wildman–Crippen MR) is 54.6 cm³/mol. The molecule has 0 bridgehead atoms. The summed E-state index contributed by atoms with van der Waals surface area (Å²) in [6, 6.07) is 1.85. The van der Waals surface area contributed by atoms with Gasteiger partial charge in [-0.3, -0.25) is 0 Å². The van der Waals surface area contributed by atoms with Crippen LogP contribution in [0.3, 0.4) is 0 Å². The standard InChI is InChI=1S/C10H10N4O2/c11-4-7-5-13-8(6-12-7)14-10(9(15)16)2-1-3-10/h5-6H,1-3H2,(H,13,14)(H,15,16). The van der Waals surface area contributed by atoms with Crippen LogP contribution in [-0.2, 0) is 4.79 Å². The molecule has 0 radical (unpaired) electrons. The van der Waals surface area contributed by atoms with Crippen molar-refractivity contribution >= 4 is 11.8 Å². The number of nitrogens with zero attached hydrogens (tertiary/aromatic N) is 3. The number of aromatic nitrogens is 2. The zero-order valence-corrected chi connectivity index (χ0v) is 8.47. The van der Waals surface area contributed by atoms with Crippen LogP contribution in [-0.4, -0.2) is 26.6 Å². The number of carbonyl (C=O) groups is 1. The van der Waals surface area contributed by atoms with Crippen molar-refractivity contribution in [2.24, 2.45) is 0 Å². The van der Waals surface area contributed by atoms with E-state index in [2.05, 4.69) is 15.3 Å². The summed E-state index contributed by atoms with van der Waals surface area (Å²) in [5, 5.41) is 20.5. The van der Waals surface area contributed by atoms with E-state index in [1.54, 1.807) is 0 Å². The molecule has 6 nitrogen and oxygen atoms in total. The number of carboxylic acids is 1. The van der Waals surface area contributed by atoms with Crippen molar-refractivity contribution in [1.82, 2.24) is 9.97 Å². The molecule has 0 spiro atoms. The number of carboxylic acid groups (broad SMARTS) is 1. The molecule has 0 unspecified atom stereocenters. The lowest BCUT2D eigenvalue weighted by atomic mass is 9.77. The van der Waals surface area contributed by atoms with Gasteiger partial charge in [0.2, 0.25) is 0 Å². The molecule has 0 saturated heterocycles. The average Bonchev–Trinajstić information content (AvgIpc) is 2.24. The van der Waals surface area contributed by atoms with Gasteiger partial charge in [-0.05, 0) is 19.3 Å². The molecular weight excluding hydrogens is 208 g/mol. The maximum Gasteiger partial charge on any atom is 0.329 e. The maximum atomic E-state index is 11.1. The molecule has 1 aromatic heterocycles. The summed E-state index contributed by atoms with van der Waals surface area (Å²) in [6.45, 7) is 0. The first-order valence-corrected chi connectivity index (χ1v) is 4.90. The lowest BCUT2D eigenvalue weighted by molar-refractivity contribution is -0.145. The SMILES string of the molecule is N#Cc1cnc(NC2(C(=O)O)CCC2)cn1. The van der Waals surface area contributed by atoms with Crippen molar-refractivity contribution in [3.05, 3.63) is 18.1 Å². The molecule has 1 heterocycles. The minimum Gasteiger partial charge on any atom is -0.480 e. The van der Waals surface area contributed by atoms with Crippen molar-refractivity contribution in [2.75, 3.05) is 5.32 Å². The van der Waals surface area contributed by atoms with E-state index in [1.807, 2.05) is 6.07 Å². The minimum absolute atomic E-state index is 0.212. The van der Waals surface area contributed by atoms with Gasteiger partial charge in [0.15, 0.2) is 5.69 Å². The second-order valence-electron chi connectivity index (χ2n) is 3.76. The molecule has 16 heavy (non-hydrogen) atoms. The van der Waals surface area contributed by atoms with Gasteiger partial charge < -0.3 is 10.4 Å². The number of rotatable bonds is 3. The van der Waals surface area contributed by atoms with Gasteiger partial charge >= 0.3 is 5.97 Å². The Hall–Kier alpha value is -2.16. The van der Waals surface area contributed by atoms with Crippen molar-refractivity contribution in [1.29, 1.82) is 5.26 Å². The number of anilines is 1. The first kappa shape index (κ1) is 10.4. The number of nitriles is 1. The number of aliphatic carboxylic acids is 1. The molecule has 0 atom stereocenters. The van der Waals surface area contributed by atoms with Crippen LogP contribution in [0.5, 0.6) is 0 Å². The van der Waals surface area contributed by atoms with Gasteiger partial charge in [0.05, 0.1) is 12.4 Å². The van der Waals surface area contributed by atoms with Crippen molar-refractivity contribution < 1.29 is 9.90 Å². The van der Waals surface area contributed by atoms with E-state index in [9.17, 15) is 4.79 Å². The normalized spacial score (nSPS) is 16.9. The molecule has 82 valence electrons. The van der Waals surface area contributed by atoms with Gasteiger partial charge in [-0.15, -0.1) is 0 Å². The summed E-state index contributed by atoms with van der Waals surface area (Å²) in [6.07, 6.45) is 4.76. The summed E-state index contributed by atoms with van der Waals surface area (Å²) in [4.78, 5) is 18.8. The Labute approximate surface area is 92.0 Å². The average molecular weight is 218 g/mol. The van der Waals surface area contributed by atoms with Gasteiger partial charge in [0.25, 0.3) is 0 Å². The zero-order valence-electron chi connectivity index (χ0n) is 8.47. The molecule has 6 heteroatoms. The minimum atomic E-state index is -0.900. The van der Waals surface area contributed by atoms with E-state index < -0.39 is 11.5 Å². The van der Waals surface area contributed by atoms with Gasteiger partial charge in [-0.1, -0.05) is 0 Å². The molecule has 1 fully saturated rings. The molecule has 2 N–H and O–H groups in total. The van der Waals surface area contributed by atoms with Crippen LogP contribution in [0.25, 0.3) is 0 Å². The lowest BCUT2D eigenvalue weighted by Crippen LogP contribution is -2.52. The van der Waals surface area contributed by atoms with Crippen LogP contribution in [0.1, 0.15) is 25.0 Å². The molecule has 1 aliphatic carbocycles. The lowest BCUT2D eigenvalue weighted by Gasteiger charge is -2.38. The summed E-state index contributed by atoms with van der Waals surface area (Å²) in [5.74, 6) is -0.481. The molecule has 0 aliphatic heterocycles. The van der Waals surface area contributed by atoms with Crippen LogP contribution in [0.2, 0.25) is 0 Å². The zero-order chi connectivity index (χ0) is 11.6. The number of hydrogen-bond donors (Lipinski definition) is 2. The second-order valence-corrected chi connectivity index (χ2v) is 3.76. The first-order valence-electron chi connectivity index (χ1n) is 4.90. The Bertz CT molecular complexity index is 445. The fourth-order valence-electron chi connectivity index (χ4n) is 1.62. The van der Waals surface area contributed by atoms with Crippen molar-refractivity contribution in [2.45, 2.75) is 24.8 Å². The second kappa shape index (κ2) is 3.77. The quantitative estimate of drug-likeness (QED) is 0.777. The van der Waals surface area contributed by atoms with E-state index in [1.165, 1.54) is 12.4 Å². The molecule has 0 aromatic carbocycles. The van der Waals surface area contributed by atoms with Crippen LogP contribution in [0, 0.1) is 11.3 Å². The van der Waals surface area contributed by atoms with Crippen LogP contribution >= 0.6 is 0 Å². The smallest absolute Gasteiger partial charge is 0.329 e. The Balaban J connectivity index is 2.14. The fraction of sp³-hybridized carbons (Fsp3) is 0.400. The maximum absolute atomic E-state index is 11.1. The molecule has 2 rings (SSSR count). The Morgan fingerprint density at radius 2 is 2.25 bits per heavy atom. The molecule has 1 saturated carbocycles. The summed E-state index contributed by atoms with van der Waals surface area (Å²) < 4.78 is 0. The third-order valence-electron chi connectivity index (χ3n) is 2.75. The van der Waals surface area contributed by atoms with E-state index in [0.717, 1.165) is 6.42 Å². The third-order valence-corrected chi connectivity index (χ3v) is 2.75. The number of nitrogens with one attached hydrogen (secondary N) is 1. The third kappa shape index (κ3) is 1.67. The van der Waals surface area contributed by atoms with Crippen LogP contribution < -0.4 is 5.32 Å². The van der Waals surface area contributed by atoms with Gasteiger partial charge in [-0.25, -0.2) is 14.8 Å².